The molecule has 0 fully saturated rings. The van der Waals surface area contributed by atoms with Crippen LogP contribution < -0.4 is 7.58 Å². The maximum absolute atomic E-state index is 6.32. The first-order chi connectivity index (χ1) is 10.8. The molecule has 1 heterocycles. The molecule has 4 nitrogen and oxygen atoms in total. The summed E-state index contributed by atoms with van der Waals surface area (Å²) in [6.45, 7) is 1.24. The smallest absolute Gasteiger partial charge is 0.599 e. The molecule has 0 aromatic heterocycles. The van der Waals surface area contributed by atoms with Crippen molar-refractivity contribution in [3.8, 4) is 11.5 Å². The van der Waals surface area contributed by atoms with Crippen LogP contribution in [0.1, 0.15) is 11.1 Å². The summed E-state index contributed by atoms with van der Waals surface area (Å²) >= 11 is -2.39. The molecular formula is C16H14AlClN2O2. The third kappa shape index (κ3) is 3.89. The summed E-state index contributed by atoms with van der Waals surface area (Å²) in [4.78, 5) is 8.74. The van der Waals surface area contributed by atoms with Crippen LogP contribution in [0.2, 0.25) is 0 Å². The highest BCUT2D eigenvalue weighted by Gasteiger charge is 2.32. The van der Waals surface area contributed by atoms with Crippen molar-refractivity contribution < 1.29 is 7.58 Å². The van der Waals surface area contributed by atoms with Crippen LogP contribution in [-0.2, 0) is 0 Å². The third-order valence-electron chi connectivity index (χ3n) is 3.10. The Labute approximate surface area is 138 Å². The van der Waals surface area contributed by atoms with E-state index in [9.17, 15) is 0 Å². The van der Waals surface area contributed by atoms with Gasteiger partial charge in [-0.25, -0.2) is 0 Å². The van der Waals surface area contributed by atoms with Gasteiger partial charge in [-0.2, -0.15) is 10.0 Å². The fourth-order valence-electron chi connectivity index (χ4n) is 2.05. The van der Waals surface area contributed by atoms with Crippen molar-refractivity contribution in [1.82, 2.24) is 0 Å². The maximum Gasteiger partial charge on any atom is 0.999 e. The summed E-state index contributed by atoms with van der Waals surface area (Å²) in [5.74, 6) is 1.38. The molecule has 2 aromatic rings. The van der Waals surface area contributed by atoms with Gasteiger partial charge in [-0.05, 0) is 24.3 Å². The summed E-state index contributed by atoms with van der Waals surface area (Å²) in [7, 11) is 6.32. The topological polar surface area (TPSA) is 43.2 Å². The van der Waals surface area contributed by atoms with E-state index in [0.29, 0.717) is 24.6 Å². The van der Waals surface area contributed by atoms with Gasteiger partial charge in [0.1, 0.15) is 0 Å². The standard InChI is InChI=1S/C16H16N2O2.Al.ClH/c19-15-7-3-1-5-13(15)11-17-9-10-18-12-14-6-2-4-8-16(14)20;;/h1-8,11-12,19-20H,9-10H2;;1H/q;+3;/p-3. The van der Waals surface area contributed by atoms with Crippen LogP contribution in [0.5, 0.6) is 11.5 Å². The number of rotatable bonds is 0. The normalized spacial score (nSPS) is 14.5. The van der Waals surface area contributed by atoms with E-state index in [-0.39, 0.29) is 0 Å². The predicted molar refractivity (Wildman–Crippen MR) is 90.7 cm³/mol. The number of halogens is 1. The minimum absolute atomic E-state index is 0.621. The molecule has 22 heavy (non-hydrogen) atoms. The average Bonchev–Trinajstić information content (AvgIpc) is 2.54. The molecule has 0 saturated carbocycles. The molecule has 6 heteroatoms. The van der Waals surface area contributed by atoms with Crippen molar-refractivity contribution in [1.29, 1.82) is 0 Å². The second-order valence-corrected chi connectivity index (χ2v) is 6.75. The van der Waals surface area contributed by atoms with Gasteiger partial charge in [-0.1, -0.05) is 24.3 Å². The first kappa shape index (κ1) is 15.1. The summed E-state index contributed by atoms with van der Waals surface area (Å²) in [5, 5.41) is 0. The quantitative estimate of drug-likeness (QED) is 0.697. The number of benzene rings is 2. The minimum atomic E-state index is -2.39. The number of nitrogens with zero attached hydrogens (tertiary/aromatic N) is 2. The highest BCUT2D eigenvalue weighted by Crippen LogP contribution is 2.22. The Morgan fingerprint density at radius 3 is 1.73 bits per heavy atom. The lowest BCUT2D eigenvalue weighted by Crippen LogP contribution is -2.24. The highest BCUT2D eigenvalue weighted by atomic mass is 35.6. The van der Waals surface area contributed by atoms with Gasteiger partial charge in [0.05, 0.1) is 24.6 Å². The first-order valence-corrected chi connectivity index (χ1v) is 9.67. The molecule has 3 rings (SSSR count). The second kappa shape index (κ2) is 7.46. The summed E-state index contributed by atoms with van der Waals surface area (Å²) in [6.07, 6.45) is 3.57. The van der Waals surface area contributed by atoms with Gasteiger partial charge in [0.25, 0.3) is 0 Å². The Morgan fingerprint density at radius 2 is 1.23 bits per heavy atom. The fraction of sp³-hybridized carbons (Fsp3) is 0.125. The molecule has 0 radical (unpaired) electrons. The molecule has 110 valence electrons. The van der Waals surface area contributed by atoms with E-state index in [0.717, 1.165) is 11.1 Å². The van der Waals surface area contributed by atoms with Crippen LogP contribution in [-0.4, -0.2) is 39.4 Å². The largest absolute Gasteiger partial charge is 0.999 e. The fourth-order valence-corrected chi connectivity index (χ4v) is 3.51. The van der Waals surface area contributed by atoms with E-state index >= 15 is 0 Å². The van der Waals surface area contributed by atoms with Crippen LogP contribution in [0.3, 0.4) is 0 Å². The molecule has 0 N–H and O–H groups in total. The number of aliphatic imine (C=N–C) groups is 2. The molecule has 0 saturated heterocycles. The Kier molecular flexibility index (Phi) is 5.12. The van der Waals surface area contributed by atoms with Crippen molar-refractivity contribution in [2.24, 2.45) is 9.98 Å². The van der Waals surface area contributed by atoms with Crippen molar-refractivity contribution in [3.05, 3.63) is 59.7 Å². The Balaban J connectivity index is 1.93. The lowest BCUT2D eigenvalue weighted by Gasteiger charge is -2.14. The van der Waals surface area contributed by atoms with E-state index in [1.54, 1.807) is 12.4 Å². The van der Waals surface area contributed by atoms with Gasteiger partial charge < -0.3 is 7.58 Å². The van der Waals surface area contributed by atoms with Crippen molar-refractivity contribution in [2.45, 2.75) is 0 Å². The summed E-state index contributed by atoms with van der Waals surface area (Å²) in [6, 6.07) is 15.3. The van der Waals surface area contributed by atoms with E-state index in [4.69, 9.17) is 17.6 Å². The maximum atomic E-state index is 6.32. The highest BCUT2D eigenvalue weighted by molar-refractivity contribution is 7.00. The Morgan fingerprint density at radius 1 is 0.773 bits per heavy atom. The lowest BCUT2D eigenvalue weighted by molar-refractivity contribution is 0.447. The van der Waals surface area contributed by atoms with Gasteiger partial charge in [0.2, 0.25) is 0 Å². The zero-order chi connectivity index (χ0) is 15.2. The average molecular weight is 329 g/mol. The number of fused-ring (bicyclic) bond motifs is 2. The molecule has 0 atom stereocenters. The minimum Gasteiger partial charge on any atom is -0.599 e. The molecule has 0 bridgehead atoms. The molecule has 0 amide bonds. The molecule has 0 spiro atoms. The SMILES string of the molecule is [Cl][Al]1[O]c2ccccc2C=NCCN=Cc2ccccc2[O]1. The molecular weight excluding hydrogens is 315 g/mol. The van der Waals surface area contributed by atoms with Crippen molar-refractivity contribution in [2.75, 3.05) is 13.1 Å². The summed E-state index contributed by atoms with van der Waals surface area (Å²) < 4.78 is 11.6. The number of para-hydroxylation sites is 2. The molecule has 0 aliphatic carbocycles. The molecule has 2 aromatic carbocycles. The third-order valence-corrected chi connectivity index (χ3v) is 4.51. The van der Waals surface area contributed by atoms with Gasteiger partial charge in [-0.15, -0.1) is 0 Å². The Bertz CT molecular complexity index is 647. The second-order valence-electron chi connectivity index (χ2n) is 4.66. The monoisotopic (exact) mass is 328 g/mol. The van der Waals surface area contributed by atoms with Crippen molar-refractivity contribution in [3.63, 3.8) is 0 Å². The molecule has 1 aliphatic rings. The zero-order valence-electron chi connectivity index (χ0n) is 11.9. The predicted octanol–water partition coefficient (Wildman–Crippen LogP) is 3.22. The van der Waals surface area contributed by atoms with Gasteiger partial charge in [0, 0.05) is 23.6 Å². The number of hydrogen-bond donors (Lipinski definition) is 0. The van der Waals surface area contributed by atoms with Crippen LogP contribution >= 0.6 is 10.0 Å². The van der Waals surface area contributed by atoms with Crippen LogP contribution in [0, 0.1) is 0 Å². The van der Waals surface area contributed by atoms with E-state index < -0.39 is 13.9 Å². The van der Waals surface area contributed by atoms with E-state index in [1.807, 2.05) is 48.5 Å². The zero-order valence-corrected chi connectivity index (χ0v) is 13.8. The first-order valence-electron chi connectivity index (χ1n) is 6.98. The van der Waals surface area contributed by atoms with Gasteiger partial charge in [-0.3, -0.25) is 9.98 Å². The lowest BCUT2D eigenvalue weighted by atomic mass is 10.2. The van der Waals surface area contributed by atoms with Crippen molar-refractivity contribution >= 4 is 36.4 Å². The molecule has 0 unspecified atom stereocenters. The molecule has 1 aliphatic heterocycles. The van der Waals surface area contributed by atoms with Crippen LogP contribution in [0.15, 0.2) is 58.5 Å². The number of hydrogen-bond acceptors (Lipinski definition) is 4. The van der Waals surface area contributed by atoms with E-state index in [2.05, 4.69) is 9.98 Å². The van der Waals surface area contributed by atoms with E-state index in [1.165, 1.54) is 0 Å². The Hall–Kier alpha value is -1.80. The summed E-state index contributed by atoms with van der Waals surface area (Å²) in [5.41, 5.74) is 1.78. The van der Waals surface area contributed by atoms with Gasteiger partial charge >= 0.3 is 13.9 Å². The van der Waals surface area contributed by atoms with Gasteiger partial charge in [0.15, 0.2) is 0 Å². The van der Waals surface area contributed by atoms with Crippen LogP contribution in [0.25, 0.3) is 0 Å². The van der Waals surface area contributed by atoms with Crippen LogP contribution in [0.4, 0.5) is 0 Å².